The van der Waals surface area contributed by atoms with Crippen LogP contribution in [0, 0.1) is 0 Å². The summed E-state index contributed by atoms with van der Waals surface area (Å²) in [5.41, 5.74) is 1.52. The van der Waals surface area contributed by atoms with E-state index in [1.165, 1.54) is 0 Å². The molecule has 8 nitrogen and oxygen atoms in total. The first-order valence-electron chi connectivity index (χ1n) is 11.7. The molecule has 0 saturated carbocycles. The van der Waals surface area contributed by atoms with Gasteiger partial charge >= 0.3 is 0 Å². The van der Waals surface area contributed by atoms with E-state index in [1.807, 2.05) is 17.7 Å². The first-order valence-corrected chi connectivity index (χ1v) is 13.1. The number of amides is 1. The number of carbonyl (C=O) groups excluding carboxylic acids is 1. The van der Waals surface area contributed by atoms with Crippen LogP contribution in [-0.4, -0.2) is 71.8 Å². The van der Waals surface area contributed by atoms with Crippen molar-refractivity contribution >= 4 is 27.0 Å². The van der Waals surface area contributed by atoms with Crippen LogP contribution in [0.15, 0.2) is 23.1 Å². The van der Waals surface area contributed by atoms with Gasteiger partial charge in [0.15, 0.2) is 0 Å². The lowest BCUT2D eigenvalue weighted by Crippen LogP contribution is -2.38. The van der Waals surface area contributed by atoms with Crippen LogP contribution in [0.5, 0.6) is 0 Å². The zero-order valence-corrected chi connectivity index (χ0v) is 20.6. The van der Waals surface area contributed by atoms with Gasteiger partial charge in [-0.05, 0) is 51.4 Å². The Morgan fingerprint density at radius 1 is 1.22 bits per heavy atom. The minimum Gasteiger partial charge on any atom is -0.355 e. The number of piperidine rings is 1. The van der Waals surface area contributed by atoms with Gasteiger partial charge in [0, 0.05) is 52.1 Å². The maximum absolute atomic E-state index is 13.0. The summed E-state index contributed by atoms with van der Waals surface area (Å²) in [7, 11) is -1.59. The van der Waals surface area contributed by atoms with Gasteiger partial charge in [0.25, 0.3) is 0 Å². The minimum absolute atomic E-state index is 0.00484. The largest absolute Gasteiger partial charge is 0.355 e. The van der Waals surface area contributed by atoms with Gasteiger partial charge < -0.3 is 9.88 Å². The fourth-order valence-corrected chi connectivity index (χ4v) is 5.84. The molecular formula is C23H37N5O3S. The maximum Gasteiger partial charge on any atom is 0.243 e. The van der Waals surface area contributed by atoms with Crippen LogP contribution in [0.25, 0.3) is 11.0 Å². The molecular weight excluding hydrogens is 426 g/mol. The molecule has 1 amide bonds. The third-order valence-electron chi connectivity index (χ3n) is 6.33. The van der Waals surface area contributed by atoms with E-state index in [2.05, 4.69) is 36.0 Å². The molecule has 9 heteroatoms. The van der Waals surface area contributed by atoms with E-state index in [0.29, 0.717) is 48.9 Å². The van der Waals surface area contributed by atoms with Crippen molar-refractivity contribution in [3.05, 3.63) is 24.0 Å². The van der Waals surface area contributed by atoms with Crippen LogP contribution >= 0.6 is 0 Å². The second-order valence-corrected chi connectivity index (χ2v) is 10.7. The molecule has 0 bridgehead atoms. The van der Waals surface area contributed by atoms with Crippen molar-refractivity contribution in [2.75, 3.05) is 32.7 Å². The number of rotatable bonds is 10. The average Bonchev–Trinajstić information content (AvgIpc) is 3.10. The van der Waals surface area contributed by atoms with E-state index >= 15 is 0 Å². The molecule has 1 N–H and O–H groups in total. The number of benzene rings is 1. The summed E-state index contributed by atoms with van der Waals surface area (Å²) >= 11 is 0. The molecule has 0 unspecified atom stereocenters. The van der Waals surface area contributed by atoms with Gasteiger partial charge in [-0.25, -0.2) is 13.4 Å². The average molecular weight is 464 g/mol. The SMILES string of the molecule is CCN(CCNC(=O)CCc1nc2cc(S(=O)(=O)N3CCCCC3)ccc2n1C)C(C)C. The number of aromatic nitrogens is 2. The molecule has 0 atom stereocenters. The predicted molar refractivity (Wildman–Crippen MR) is 127 cm³/mol. The lowest BCUT2D eigenvalue weighted by molar-refractivity contribution is -0.121. The van der Waals surface area contributed by atoms with E-state index in [9.17, 15) is 13.2 Å². The Labute approximate surface area is 192 Å². The fraction of sp³-hybridized carbons (Fsp3) is 0.652. The summed E-state index contributed by atoms with van der Waals surface area (Å²) in [6.45, 7) is 10.0. The van der Waals surface area contributed by atoms with Crippen LogP contribution in [0.2, 0.25) is 0 Å². The quantitative estimate of drug-likeness (QED) is 0.585. The summed E-state index contributed by atoms with van der Waals surface area (Å²) in [6, 6.07) is 5.60. The van der Waals surface area contributed by atoms with Gasteiger partial charge in [-0.1, -0.05) is 13.3 Å². The molecule has 0 spiro atoms. The zero-order valence-electron chi connectivity index (χ0n) is 19.8. The highest BCUT2D eigenvalue weighted by Gasteiger charge is 2.26. The minimum atomic E-state index is -3.49. The van der Waals surface area contributed by atoms with E-state index in [-0.39, 0.29) is 5.91 Å². The monoisotopic (exact) mass is 463 g/mol. The highest BCUT2D eigenvalue weighted by atomic mass is 32.2. The van der Waals surface area contributed by atoms with Crippen LogP contribution in [-0.2, 0) is 28.3 Å². The molecule has 0 aliphatic carbocycles. The van der Waals surface area contributed by atoms with Gasteiger partial charge in [-0.2, -0.15) is 4.31 Å². The normalized spacial score (nSPS) is 15.7. The smallest absolute Gasteiger partial charge is 0.243 e. The van der Waals surface area contributed by atoms with Gasteiger partial charge in [-0.15, -0.1) is 0 Å². The number of fused-ring (bicyclic) bond motifs is 1. The van der Waals surface area contributed by atoms with Crippen LogP contribution in [0.1, 0.15) is 52.3 Å². The van der Waals surface area contributed by atoms with Crippen LogP contribution in [0.4, 0.5) is 0 Å². The van der Waals surface area contributed by atoms with Crippen molar-refractivity contribution in [1.82, 2.24) is 24.1 Å². The summed E-state index contributed by atoms with van der Waals surface area (Å²) in [5.74, 6) is 0.783. The Balaban J connectivity index is 1.63. The van der Waals surface area contributed by atoms with Crippen molar-refractivity contribution in [2.45, 2.75) is 63.8 Å². The molecule has 32 heavy (non-hydrogen) atoms. The molecule has 3 rings (SSSR count). The molecule has 0 radical (unpaired) electrons. The van der Waals surface area contributed by atoms with Crippen molar-refractivity contribution in [3.63, 3.8) is 0 Å². The maximum atomic E-state index is 13.0. The summed E-state index contributed by atoms with van der Waals surface area (Å²) in [5, 5.41) is 2.99. The second kappa shape index (κ2) is 10.8. The Morgan fingerprint density at radius 2 is 1.94 bits per heavy atom. The van der Waals surface area contributed by atoms with Gasteiger partial charge in [0.2, 0.25) is 15.9 Å². The van der Waals surface area contributed by atoms with Crippen molar-refractivity contribution < 1.29 is 13.2 Å². The van der Waals surface area contributed by atoms with E-state index in [4.69, 9.17) is 0 Å². The second-order valence-electron chi connectivity index (χ2n) is 8.77. The van der Waals surface area contributed by atoms with Gasteiger partial charge in [0.05, 0.1) is 15.9 Å². The number of likely N-dealkylation sites (N-methyl/N-ethyl adjacent to an activating group) is 1. The Bertz CT molecular complexity index is 1030. The highest BCUT2D eigenvalue weighted by molar-refractivity contribution is 7.89. The standard InChI is InChI=1S/C23H37N5O3S/c1-5-27(18(2)3)16-13-24-23(29)12-11-22-25-20-17-19(9-10-21(20)26(22)4)32(30,31)28-14-7-6-8-15-28/h9-10,17-18H,5-8,11-16H2,1-4H3,(H,24,29). The molecule has 1 saturated heterocycles. The molecule has 178 valence electrons. The molecule has 2 aromatic rings. The van der Waals surface area contributed by atoms with Crippen LogP contribution in [0.3, 0.4) is 0 Å². The summed E-state index contributed by atoms with van der Waals surface area (Å²) in [6.07, 6.45) is 3.75. The Kier molecular flexibility index (Phi) is 8.30. The van der Waals surface area contributed by atoms with Gasteiger partial charge in [-0.3, -0.25) is 9.69 Å². The number of carbonyl (C=O) groups is 1. The molecule has 1 aliphatic rings. The lowest BCUT2D eigenvalue weighted by Gasteiger charge is -2.25. The van der Waals surface area contributed by atoms with Crippen molar-refractivity contribution in [1.29, 1.82) is 0 Å². The number of hydrogen-bond acceptors (Lipinski definition) is 5. The Morgan fingerprint density at radius 3 is 2.59 bits per heavy atom. The molecule has 1 aromatic carbocycles. The van der Waals surface area contributed by atoms with Gasteiger partial charge in [0.1, 0.15) is 5.82 Å². The van der Waals surface area contributed by atoms with E-state index < -0.39 is 10.0 Å². The number of imidazole rings is 1. The highest BCUT2D eigenvalue weighted by Crippen LogP contribution is 2.24. The summed E-state index contributed by atoms with van der Waals surface area (Å²) < 4.78 is 29.5. The van der Waals surface area contributed by atoms with Crippen LogP contribution < -0.4 is 5.32 Å². The Hall–Kier alpha value is -1.97. The first-order chi connectivity index (χ1) is 15.2. The number of sulfonamides is 1. The lowest BCUT2D eigenvalue weighted by atomic mass is 10.2. The molecule has 2 heterocycles. The third kappa shape index (κ3) is 5.68. The van der Waals surface area contributed by atoms with Crippen molar-refractivity contribution in [3.8, 4) is 0 Å². The number of aryl methyl sites for hydroxylation is 2. The third-order valence-corrected chi connectivity index (χ3v) is 8.23. The molecule has 1 aromatic heterocycles. The molecule has 1 fully saturated rings. The fourth-order valence-electron chi connectivity index (χ4n) is 4.30. The summed E-state index contributed by atoms with van der Waals surface area (Å²) in [4.78, 5) is 19.5. The zero-order chi connectivity index (χ0) is 23.3. The number of nitrogens with one attached hydrogen (secondary N) is 1. The number of nitrogens with zero attached hydrogens (tertiary/aromatic N) is 4. The molecule has 1 aliphatic heterocycles. The van der Waals surface area contributed by atoms with E-state index in [1.54, 1.807) is 16.4 Å². The van der Waals surface area contributed by atoms with Crippen molar-refractivity contribution in [2.24, 2.45) is 7.05 Å². The topological polar surface area (TPSA) is 87.5 Å². The predicted octanol–water partition coefficient (Wildman–Crippen LogP) is 2.53. The number of hydrogen-bond donors (Lipinski definition) is 1. The first kappa shape index (κ1) is 24.7. The van der Waals surface area contributed by atoms with E-state index in [0.717, 1.165) is 43.7 Å².